The predicted octanol–water partition coefficient (Wildman–Crippen LogP) is 2.85. The van der Waals surface area contributed by atoms with Crippen molar-refractivity contribution in [2.24, 2.45) is 5.73 Å². The van der Waals surface area contributed by atoms with Crippen LogP contribution in [0.4, 0.5) is 4.39 Å². The van der Waals surface area contributed by atoms with Crippen molar-refractivity contribution in [3.05, 3.63) is 58.8 Å². The van der Waals surface area contributed by atoms with Crippen LogP contribution in [0.15, 0.2) is 41.0 Å². The molecule has 0 bridgehead atoms. The molecule has 0 saturated heterocycles. The molecule has 3 N–H and O–H groups in total. The third-order valence-electron chi connectivity index (χ3n) is 2.83. The number of aliphatic hydroxyl groups excluding tert-OH is 1. The van der Waals surface area contributed by atoms with Crippen LogP contribution in [-0.2, 0) is 0 Å². The molecular weight excluding hydrogens is 257 g/mol. The minimum atomic E-state index is -0.909. The van der Waals surface area contributed by atoms with Crippen molar-refractivity contribution < 1.29 is 13.9 Å². The van der Waals surface area contributed by atoms with E-state index in [0.717, 1.165) is 0 Å². The molecule has 1 aromatic carbocycles. The quantitative estimate of drug-likeness (QED) is 0.897. The molecule has 1 heterocycles. The Kier molecular flexibility index (Phi) is 4.01. The van der Waals surface area contributed by atoms with E-state index in [1.165, 1.54) is 24.5 Å². The summed E-state index contributed by atoms with van der Waals surface area (Å²) in [6.45, 7) is 0.174. The highest BCUT2D eigenvalue weighted by molar-refractivity contribution is 6.31. The smallest absolute Gasteiger partial charge is 0.132 e. The van der Waals surface area contributed by atoms with E-state index in [-0.39, 0.29) is 11.6 Å². The van der Waals surface area contributed by atoms with Crippen LogP contribution in [0.1, 0.15) is 23.3 Å². The summed E-state index contributed by atoms with van der Waals surface area (Å²) in [5.41, 5.74) is 6.27. The fourth-order valence-corrected chi connectivity index (χ4v) is 2.19. The lowest BCUT2D eigenvalue weighted by Gasteiger charge is -2.21. The molecule has 3 nitrogen and oxygen atoms in total. The molecule has 1 aromatic heterocycles. The number of aliphatic hydroxyl groups is 1. The van der Waals surface area contributed by atoms with Crippen LogP contribution < -0.4 is 5.73 Å². The molecule has 0 fully saturated rings. The third-order valence-corrected chi connectivity index (χ3v) is 3.16. The highest BCUT2D eigenvalue weighted by Gasteiger charge is 2.25. The van der Waals surface area contributed by atoms with E-state index in [0.29, 0.717) is 11.3 Å². The van der Waals surface area contributed by atoms with Gasteiger partial charge in [0.1, 0.15) is 17.7 Å². The molecule has 18 heavy (non-hydrogen) atoms. The first-order valence-electron chi connectivity index (χ1n) is 5.50. The van der Waals surface area contributed by atoms with Crippen molar-refractivity contribution in [2.75, 3.05) is 6.54 Å². The first-order valence-corrected chi connectivity index (χ1v) is 5.87. The Hall–Kier alpha value is -1.36. The van der Waals surface area contributed by atoms with E-state index in [1.54, 1.807) is 12.1 Å². The van der Waals surface area contributed by atoms with Crippen LogP contribution in [0.5, 0.6) is 0 Å². The molecule has 0 saturated carbocycles. The molecule has 2 rings (SSSR count). The van der Waals surface area contributed by atoms with Gasteiger partial charge in [0.2, 0.25) is 0 Å². The van der Waals surface area contributed by atoms with Gasteiger partial charge >= 0.3 is 0 Å². The molecular formula is C13H13ClFNO2. The molecule has 0 amide bonds. The summed E-state index contributed by atoms with van der Waals surface area (Å²) in [6, 6.07) is 7.36. The van der Waals surface area contributed by atoms with E-state index >= 15 is 0 Å². The fraction of sp³-hybridized carbons (Fsp3) is 0.231. The van der Waals surface area contributed by atoms with Crippen LogP contribution in [0, 0.1) is 5.82 Å². The summed E-state index contributed by atoms with van der Waals surface area (Å²) in [5.74, 6) is -0.456. The van der Waals surface area contributed by atoms with E-state index in [9.17, 15) is 9.50 Å². The van der Waals surface area contributed by atoms with Crippen molar-refractivity contribution in [2.45, 2.75) is 12.0 Å². The average Bonchev–Trinajstić information content (AvgIpc) is 2.86. The summed E-state index contributed by atoms with van der Waals surface area (Å²) >= 11 is 5.97. The summed E-state index contributed by atoms with van der Waals surface area (Å²) < 4.78 is 18.1. The van der Waals surface area contributed by atoms with Crippen molar-refractivity contribution in [1.29, 1.82) is 0 Å². The van der Waals surface area contributed by atoms with E-state index in [1.807, 2.05) is 0 Å². The van der Waals surface area contributed by atoms with E-state index in [4.69, 9.17) is 21.8 Å². The monoisotopic (exact) mass is 269 g/mol. The molecule has 0 aliphatic rings. The fourth-order valence-electron chi connectivity index (χ4n) is 1.89. The van der Waals surface area contributed by atoms with Crippen molar-refractivity contribution in [3.8, 4) is 0 Å². The van der Waals surface area contributed by atoms with Crippen molar-refractivity contribution >= 4 is 11.6 Å². The van der Waals surface area contributed by atoms with Gasteiger partial charge in [-0.15, -0.1) is 0 Å². The standard InChI is InChI=1S/C13H13ClFNO2/c14-11-6-8(15)3-4-9(11)10(7-16)13(17)12-2-1-5-18-12/h1-6,10,13,17H,7,16H2. The maximum absolute atomic E-state index is 13.0. The number of rotatable bonds is 4. The Morgan fingerprint density at radius 2 is 2.17 bits per heavy atom. The number of hydrogen-bond donors (Lipinski definition) is 2. The Labute approximate surface area is 109 Å². The van der Waals surface area contributed by atoms with Gasteiger partial charge in [0, 0.05) is 17.5 Å². The molecule has 0 aliphatic carbocycles. The maximum Gasteiger partial charge on any atom is 0.132 e. The van der Waals surface area contributed by atoms with E-state index in [2.05, 4.69) is 0 Å². The first-order chi connectivity index (χ1) is 8.63. The van der Waals surface area contributed by atoms with E-state index < -0.39 is 17.8 Å². The minimum absolute atomic E-state index is 0.174. The van der Waals surface area contributed by atoms with Gasteiger partial charge < -0.3 is 15.3 Å². The van der Waals surface area contributed by atoms with Gasteiger partial charge in [0.25, 0.3) is 0 Å². The lowest BCUT2D eigenvalue weighted by atomic mass is 9.92. The third kappa shape index (κ3) is 2.56. The normalized spacial score (nSPS) is 14.4. The number of nitrogens with two attached hydrogens (primary N) is 1. The lowest BCUT2D eigenvalue weighted by molar-refractivity contribution is 0.122. The number of halogens is 2. The highest BCUT2D eigenvalue weighted by Crippen LogP contribution is 2.34. The van der Waals surface area contributed by atoms with Gasteiger partial charge in [-0.2, -0.15) is 0 Å². The zero-order chi connectivity index (χ0) is 13.1. The zero-order valence-electron chi connectivity index (χ0n) is 9.51. The van der Waals surface area contributed by atoms with Crippen LogP contribution in [0.25, 0.3) is 0 Å². The lowest BCUT2D eigenvalue weighted by Crippen LogP contribution is -2.20. The van der Waals surface area contributed by atoms with Gasteiger partial charge in [-0.25, -0.2) is 4.39 Å². The Balaban J connectivity index is 2.33. The van der Waals surface area contributed by atoms with Crippen LogP contribution in [-0.4, -0.2) is 11.7 Å². The average molecular weight is 270 g/mol. The number of hydrogen-bond acceptors (Lipinski definition) is 3. The van der Waals surface area contributed by atoms with Crippen molar-refractivity contribution in [1.82, 2.24) is 0 Å². The molecule has 0 spiro atoms. The Morgan fingerprint density at radius 1 is 1.39 bits per heavy atom. The predicted molar refractivity (Wildman–Crippen MR) is 66.9 cm³/mol. The molecule has 2 aromatic rings. The first kappa shape index (κ1) is 13.1. The molecule has 96 valence electrons. The number of furan rings is 1. The van der Waals surface area contributed by atoms with Crippen LogP contribution in [0.2, 0.25) is 5.02 Å². The molecule has 5 heteroatoms. The zero-order valence-corrected chi connectivity index (χ0v) is 10.3. The van der Waals surface area contributed by atoms with Crippen LogP contribution >= 0.6 is 11.6 Å². The minimum Gasteiger partial charge on any atom is -0.467 e. The van der Waals surface area contributed by atoms with Gasteiger partial charge in [-0.1, -0.05) is 17.7 Å². The van der Waals surface area contributed by atoms with Crippen molar-refractivity contribution in [3.63, 3.8) is 0 Å². The highest BCUT2D eigenvalue weighted by atomic mass is 35.5. The van der Waals surface area contributed by atoms with Gasteiger partial charge in [0.05, 0.1) is 6.26 Å². The van der Waals surface area contributed by atoms with Gasteiger partial charge in [-0.3, -0.25) is 0 Å². The van der Waals surface area contributed by atoms with Crippen LogP contribution in [0.3, 0.4) is 0 Å². The largest absolute Gasteiger partial charge is 0.467 e. The maximum atomic E-state index is 13.0. The molecule has 0 aliphatic heterocycles. The summed E-state index contributed by atoms with van der Waals surface area (Å²) in [7, 11) is 0. The van der Waals surface area contributed by atoms with Gasteiger partial charge in [-0.05, 0) is 29.8 Å². The van der Waals surface area contributed by atoms with Gasteiger partial charge in [0.15, 0.2) is 0 Å². The second kappa shape index (κ2) is 5.52. The SMILES string of the molecule is NCC(c1ccc(F)cc1Cl)C(O)c1ccco1. The Morgan fingerprint density at radius 3 is 2.72 bits per heavy atom. The second-order valence-electron chi connectivity index (χ2n) is 3.97. The topological polar surface area (TPSA) is 59.4 Å². The number of benzene rings is 1. The molecule has 0 radical (unpaired) electrons. The molecule has 2 unspecified atom stereocenters. The summed E-state index contributed by atoms with van der Waals surface area (Å²) in [5, 5.41) is 10.4. The summed E-state index contributed by atoms with van der Waals surface area (Å²) in [4.78, 5) is 0. The second-order valence-corrected chi connectivity index (χ2v) is 4.38. The Bertz CT molecular complexity index is 516. The summed E-state index contributed by atoms with van der Waals surface area (Å²) in [6.07, 6.45) is 0.561. The molecule has 2 atom stereocenters.